The third-order valence-electron chi connectivity index (χ3n) is 3.89. The Balaban J connectivity index is 1.45. The van der Waals surface area contributed by atoms with E-state index in [9.17, 15) is 4.79 Å². The fourth-order valence-corrected chi connectivity index (χ4v) is 4.21. The van der Waals surface area contributed by atoms with Crippen molar-refractivity contribution in [1.82, 2.24) is 9.97 Å². The summed E-state index contributed by atoms with van der Waals surface area (Å²) in [5.74, 6) is 1.52. The van der Waals surface area contributed by atoms with Crippen molar-refractivity contribution in [3.63, 3.8) is 0 Å². The SMILES string of the molecule is Cc1c(CSc2ncccn2)cccc1SCCOC(=O)Nc1ccccc1. The Bertz CT molecular complexity index is 893. The number of amides is 1. The minimum Gasteiger partial charge on any atom is -0.448 e. The second-order valence-corrected chi connectivity index (χ2v) is 7.91. The van der Waals surface area contributed by atoms with E-state index in [1.54, 1.807) is 35.9 Å². The zero-order valence-corrected chi connectivity index (χ0v) is 17.1. The zero-order chi connectivity index (χ0) is 19.6. The Kier molecular flexibility index (Phi) is 7.75. The minimum absolute atomic E-state index is 0.347. The molecule has 28 heavy (non-hydrogen) atoms. The van der Waals surface area contributed by atoms with Crippen molar-refractivity contribution in [1.29, 1.82) is 0 Å². The predicted octanol–water partition coefficient (Wildman–Crippen LogP) is 5.42. The van der Waals surface area contributed by atoms with E-state index in [0.29, 0.717) is 12.4 Å². The standard InChI is InChI=1S/C21H21N3O2S2/c1-16-17(15-28-20-22-11-6-12-23-20)7-5-10-19(16)27-14-13-26-21(25)24-18-8-3-2-4-9-18/h2-12H,13-15H2,1H3,(H,24,25). The van der Waals surface area contributed by atoms with Crippen molar-refractivity contribution >= 4 is 35.3 Å². The normalized spacial score (nSPS) is 10.5. The lowest BCUT2D eigenvalue weighted by molar-refractivity contribution is 0.169. The number of hydrogen-bond donors (Lipinski definition) is 1. The van der Waals surface area contributed by atoms with Crippen LogP contribution in [-0.4, -0.2) is 28.4 Å². The van der Waals surface area contributed by atoms with Crippen LogP contribution in [-0.2, 0) is 10.5 Å². The molecule has 0 aliphatic carbocycles. The quantitative estimate of drug-likeness (QED) is 0.303. The van der Waals surface area contributed by atoms with Gasteiger partial charge >= 0.3 is 6.09 Å². The fraction of sp³-hybridized carbons (Fsp3) is 0.190. The maximum Gasteiger partial charge on any atom is 0.411 e. The first-order valence-corrected chi connectivity index (χ1v) is 10.8. The Morgan fingerprint density at radius 1 is 1.00 bits per heavy atom. The second kappa shape index (κ2) is 10.7. The lowest BCUT2D eigenvalue weighted by Gasteiger charge is -2.11. The highest BCUT2D eigenvalue weighted by atomic mass is 32.2. The molecule has 3 aromatic rings. The molecular weight excluding hydrogens is 390 g/mol. The molecule has 1 aromatic heterocycles. The average molecular weight is 412 g/mol. The molecule has 3 rings (SSSR count). The number of anilines is 1. The molecule has 0 aliphatic rings. The summed E-state index contributed by atoms with van der Waals surface area (Å²) in [6.07, 6.45) is 3.07. The van der Waals surface area contributed by atoms with Crippen molar-refractivity contribution in [2.75, 3.05) is 17.7 Å². The molecular formula is C21H21N3O2S2. The highest BCUT2D eigenvalue weighted by Gasteiger charge is 2.07. The summed E-state index contributed by atoms with van der Waals surface area (Å²) in [5.41, 5.74) is 3.22. The number of ether oxygens (including phenoxy) is 1. The van der Waals surface area contributed by atoms with E-state index < -0.39 is 6.09 Å². The van der Waals surface area contributed by atoms with E-state index in [-0.39, 0.29) is 0 Å². The van der Waals surface area contributed by atoms with Crippen LogP contribution in [0.25, 0.3) is 0 Å². The van der Waals surface area contributed by atoms with Crippen LogP contribution >= 0.6 is 23.5 Å². The Hall–Kier alpha value is -2.51. The summed E-state index contributed by atoms with van der Waals surface area (Å²) in [7, 11) is 0. The lowest BCUT2D eigenvalue weighted by Crippen LogP contribution is -2.15. The first-order valence-electron chi connectivity index (χ1n) is 8.82. The van der Waals surface area contributed by atoms with Crippen molar-refractivity contribution in [3.05, 3.63) is 78.1 Å². The summed E-state index contributed by atoms with van der Waals surface area (Å²) >= 11 is 3.31. The van der Waals surface area contributed by atoms with E-state index in [0.717, 1.165) is 16.6 Å². The van der Waals surface area contributed by atoms with Gasteiger partial charge in [-0.15, -0.1) is 11.8 Å². The Morgan fingerprint density at radius 3 is 2.57 bits per heavy atom. The third kappa shape index (κ3) is 6.28. The molecule has 7 heteroatoms. The van der Waals surface area contributed by atoms with Gasteiger partial charge in [-0.05, 0) is 42.3 Å². The molecule has 0 radical (unpaired) electrons. The van der Waals surface area contributed by atoms with Gasteiger partial charge in [0.1, 0.15) is 6.61 Å². The summed E-state index contributed by atoms with van der Waals surface area (Å²) < 4.78 is 5.25. The van der Waals surface area contributed by atoms with Crippen LogP contribution in [0.2, 0.25) is 0 Å². The predicted molar refractivity (Wildman–Crippen MR) is 115 cm³/mol. The van der Waals surface area contributed by atoms with Crippen molar-refractivity contribution in [2.24, 2.45) is 0 Å². The Morgan fingerprint density at radius 2 is 1.79 bits per heavy atom. The topological polar surface area (TPSA) is 64.1 Å². The van der Waals surface area contributed by atoms with Crippen LogP contribution in [0.5, 0.6) is 0 Å². The summed E-state index contributed by atoms with van der Waals surface area (Å²) in [5, 5.41) is 3.48. The van der Waals surface area contributed by atoms with Crippen LogP contribution in [0.3, 0.4) is 0 Å². The van der Waals surface area contributed by atoms with Gasteiger partial charge in [0, 0.05) is 34.5 Å². The maximum atomic E-state index is 11.8. The first kappa shape index (κ1) is 20.2. The number of aromatic nitrogens is 2. The van der Waals surface area contributed by atoms with Crippen molar-refractivity contribution in [2.45, 2.75) is 22.7 Å². The summed E-state index contributed by atoms with van der Waals surface area (Å²) in [6.45, 7) is 2.46. The molecule has 0 aliphatic heterocycles. The van der Waals surface area contributed by atoms with E-state index in [4.69, 9.17) is 4.74 Å². The number of benzene rings is 2. The molecule has 144 valence electrons. The number of hydrogen-bond acceptors (Lipinski definition) is 6. The zero-order valence-electron chi connectivity index (χ0n) is 15.5. The van der Waals surface area contributed by atoms with Gasteiger partial charge < -0.3 is 4.74 Å². The number of thioether (sulfide) groups is 2. The van der Waals surface area contributed by atoms with Gasteiger partial charge in [0.15, 0.2) is 5.16 Å². The van der Waals surface area contributed by atoms with E-state index >= 15 is 0 Å². The van der Waals surface area contributed by atoms with E-state index in [1.807, 2.05) is 36.4 Å². The number of nitrogens with one attached hydrogen (secondary N) is 1. The molecule has 0 fully saturated rings. The fourth-order valence-electron chi connectivity index (χ4n) is 2.44. The molecule has 2 aromatic carbocycles. The molecule has 0 bridgehead atoms. The van der Waals surface area contributed by atoms with Gasteiger partial charge in [-0.2, -0.15) is 0 Å². The molecule has 1 heterocycles. The molecule has 0 unspecified atom stereocenters. The second-order valence-electron chi connectivity index (χ2n) is 5.84. The maximum absolute atomic E-state index is 11.8. The molecule has 5 nitrogen and oxygen atoms in total. The summed E-state index contributed by atoms with van der Waals surface area (Å²) in [6, 6.07) is 17.4. The number of rotatable bonds is 8. The van der Waals surface area contributed by atoms with Crippen LogP contribution in [0.15, 0.2) is 77.0 Å². The lowest BCUT2D eigenvalue weighted by atomic mass is 10.1. The number of nitrogens with zero attached hydrogens (tertiary/aromatic N) is 2. The van der Waals surface area contributed by atoms with Crippen LogP contribution in [0, 0.1) is 6.92 Å². The number of para-hydroxylation sites is 1. The van der Waals surface area contributed by atoms with E-state index in [1.165, 1.54) is 16.0 Å². The third-order valence-corrected chi connectivity index (χ3v) is 5.94. The van der Waals surface area contributed by atoms with Crippen molar-refractivity contribution in [3.8, 4) is 0 Å². The van der Waals surface area contributed by atoms with Crippen LogP contribution in [0.4, 0.5) is 10.5 Å². The van der Waals surface area contributed by atoms with Gasteiger partial charge in [-0.1, -0.05) is 42.1 Å². The van der Waals surface area contributed by atoms with Crippen molar-refractivity contribution < 1.29 is 9.53 Å². The van der Waals surface area contributed by atoms with Gasteiger partial charge in [-0.3, -0.25) is 5.32 Å². The monoisotopic (exact) mass is 411 g/mol. The van der Waals surface area contributed by atoms with Gasteiger partial charge in [0.05, 0.1) is 0 Å². The smallest absolute Gasteiger partial charge is 0.411 e. The average Bonchev–Trinajstić information content (AvgIpc) is 2.73. The highest BCUT2D eigenvalue weighted by Crippen LogP contribution is 2.28. The van der Waals surface area contributed by atoms with Gasteiger partial charge in [-0.25, -0.2) is 14.8 Å². The van der Waals surface area contributed by atoms with Crippen LogP contribution in [0.1, 0.15) is 11.1 Å². The van der Waals surface area contributed by atoms with Gasteiger partial charge in [0.2, 0.25) is 0 Å². The molecule has 0 saturated carbocycles. The molecule has 1 N–H and O–H groups in total. The molecule has 0 atom stereocenters. The minimum atomic E-state index is -0.434. The van der Waals surface area contributed by atoms with Crippen LogP contribution < -0.4 is 5.32 Å². The van der Waals surface area contributed by atoms with E-state index in [2.05, 4.69) is 40.4 Å². The van der Waals surface area contributed by atoms with Gasteiger partial charge in [0.25, 0.3) is 0 Å². The number of carbonyl (C=O) groups is 1. The largest absolute Gasteiger partial charge is 0.448 e. The molecule has 0 spiro atoms. The molecule has 0 saturated heterocycles. The number of carbonyl (C=O) groups excluding carboxylic acids is 1. The Labute approximate surface area is 173 Å². The first-order chi connectivity index (χ1) is 13.7. The highest BCUT2D eigenvalue weighted by molar-refractivity contribution is 7.99. The molecule has 1 amide bonds. The summed E-state index contributed by atoms with van der Waals surface area (Å²) in [4.78, 5) is 21.5.